The number of aromatic nitrogens is 1. The minimum absolute atomic E-state index is 0.0183. The van der Waals surface area contributed by atoms with Crippen LogP contribution < -0.4 is 9.62 Å². The van der Waals surface area contributed by atoms with Crippen LogP contribution in [0.2, 0.25) is 5.02 Å². The maximum atomic E-state index is 13.2. The van der Waals surface area contributed by atoms with Crippen LogP contribution >= 0.6 is 11.6 Å². The number of nitrogens with zero attached hydrogens (tertiary/aromatic N) is 2. The fourth-order valence-electron chi connectivity index (χ4n) is 3.57. The van der Waals surface area contributed by atoms with E-state index in [1.807, 2.05) is 20.8 Å². The van der Waals surface area contributed by atoms with E-state index in [-0.39, 0.29) is 37.8 Å². The smallest absolute Gasteiger partial charge is 0.268 e. The van der Waals surface area contributed by atoms with Crippen LogP contribution in [0, 0.1) is 6.92 Å². The van der Waals surface area contributed by atoms with Crippen molar-refractivity contribution in [3.63, 3.8) is 0 Å². The second-order valence-electron chi connectivity index (χ2n) is 8.83. The first-order chi connectivity index (χ1) is 15.4. The molecule has 170 valence electrons. The number of sulfonamides is 1. The van der Waals surface area contributed by atoms with Crippen molar-refractivity contribution in [3.05, 3.63) is 82.1 Å². The van der Waals surface area contributed by atoms with Crippen molar-refractivity contribution >= 4 is 44.8 Å². The number of benzene rings is 2. The summed E-state index contributed by atoms with van der Waals surface area (Å²) >= 11 is 6.24. The van der Waals surface area contributed by atoms with E-state index in [1.54, 1.807) is 31.2 Å². The summed E-state index contributed by atoms with van der Waals surface area (Å²) in [6, 6.07) is 12.6. The van der Waals surface area contributed by atoms with Gasteiger partial charge < -0.3 is 0 Å². The summed E-state index contributed by atoms with van der Waals surface area (Å²) in [5.74, 6) is -1.31. The first-order valence-corrected chi connectivity index (χ1v) is 12.0. The number of carbonyl (C=O) groups is 2. The molecule has 3 aromatic rings. The van der Waals surface area contributed by atoms with E-state index < -0.39 is 21.8 Å². The van der Waals surface area contributed by atoms with Gasteiger partial charge in [-0.15, -0.1) is 0 Å². The molecule has 0 radical (unpaired) electrons. The predicted octanol–water partition coefficient (Wildman–Crippen LogP) is 4.94. The standard InChI is InChI=1S/C24H22ClN3O4S/c1-14-5-8-16(13-26-14)28-22(29)20-18(25)11-12-19(21(20)23(28)30)27-33(31,32)17-9-6-15(7-10-17)24(2,3)4/h5-13,27H,1-4H3. The minimum atomic E-state index is -4.03. The number of carbonyl (C=O) groups excluding carboxylic acids is 2. The number of fused-ring (bicyclic) bond motifs is 1. The highest BCUT2D eigenvalue weighted by Crippen LogP contribution is 2.37. The summed E-state index contributed by atoms with van der Waals surface area (Å²) in [6.45, 7) is 7.88. The zero-order valence-electron chi connectivity index (χ0n) is 18.5. The Morgan fingerprint density at radius 1 is 0.909 bits per heavy atom. The zero-order valence-corrected chi connectivity index (χ0v) is 20.1. The second kappa shape index (κ2) is 7.97. The topological polar surface area (TPSA) is 96.4 Å². The summed E-state index contributed by atoms with van der Waals surface area (Å²) in [5, 5.41) is 0.0587. The molecule has 0 fully saturated rings. The summed E-state index contributed by atoms with van der Waals surface area (Å²) < 4.78 is 28.6. The van der Waals surface area contributed by atoms with Crippen molar-refractivity contribution < 1.29 is 18.0 Å². The molecule has 0 saturated heterocycles. The highest BCUT2D eigenvalue weighted by atomic mass is 35.5. The van der Waals surface area contributed by atoms with E-state index in [0.29, 0.717) is 0 Å². The van der Waals surface area contributed by atoms with Crippen molar-refractivity contribution in [3.8, 4) is 0 Å². The van der Waals surface area contributed by atoms with Gasteiger partial charge in [0.05, 0.1) is 38.6 Å². The van der Waals surface area contributed by atoms with Crippen LogP contribution in [0.25, 0.3) is 0 Å². The second-order valence-corrected chi connectivity index (χ2v) is 10.9. The van der Waals surface area contributed by atoms with Gasteiger partial charge in [0.1, 0.15) is 0 Å². The quantitative estimate of drug-likeness (QED) is 0.530. The molecule has 0 unspecified atom stereocenters. The Kier molecular flexibility index (Phi) is 5.54. The molecule has 7 nitrogen and oxygen atoms in total. The maximum absolute atomic E-state index is 13.2. The maximum Gasteiger partial charge on any atom is 0.268 e. The van der Waals surface area contributed by atoms with Gasteiger partial charge in [0.15, 0.2) is 0 Å². The molecule has 4 rings (SSSR count). The number of rotatable bonds is 4. The molecule has 2 amide bonds. The molecule has 0 aliphatic carbocycles. The van der Waals surface area contributed by atoms with E-state index in [4.69, 9.17) is 11.6 Å². The van der Waals surface area contributed by atoms with E-state index in [0.717, 1.165) is 16.2 Å². The Labute approximate surface area is 197 Å². The number of anilines is 2. The molecule has 1 aliphatic heterocycles. The number of hydrogen-bond donors (Lipinski definition) is 1. The lowest BCUT2D eigenvalue weighted by Gasteiger charge is -2.19. The van der Waals surface area contributed by atoms with Crippen LogP contribution in [0.1, 0.15) is 52.7 Å². The molecular weight excluding hydrogens is 462 g/mol. The molecule has 1 aromatic heterocycles. The van der Waals surface area contributed by atoms with E-state index in [2.05, 4.69) is 9.71 Å². The molecule has 1 N–H and O–H groups in total. The fraction of sp³-hybridized carbons (Fsp3) is 0.208. The lowest BCUT2D eigenvalue weighted by Crippen LogP contribution is -2.29. The van der Waals surface area contributed by atoms with Crippen molar-refractivity contribution in [2.45, 2.75) is 38.0 Å². The SMILES string of the molecule is Cc1ccc(N2C(=O)c3c(Cl)ccc(NS(=O)(=O)c4ccc(C(C)(C)C)cc4)c3C2=O)cn1. The zero-order chi connectivity index (χ0) is 24.1. The minimum Gasteiger partial charge on any atom is -0.279 e. The number of imide groups is 1. The Bertz CT molecular complexity index is 1380. The molecular formula is C24H22ClN3O4S. The summed E-state index contributed by atoms with van der Waals surface area (Å²) in [7, 11) is -4.03. The Morgan fingerprint density at radius 3 is 2.12 bits per heavy atom. The molecule has 1 aliphatic rings. The number of pyridine rings is 1. The van der Waals surface area contributed by atoms with Gasteiger partial charge in [-0.3, -0.25) is 19.3 Å². The molecule has 2 aromatic carbocycles. The van der Waals surface area contributed by atoms with Gasteiger partial charge in [-0.25, -0.2) is 13.3 Å². The number of halogens is 1. The molecule has 0 saturated carbocycles. The monoisotopic (exact) mass is 483 g/mol. The molecule has 0 atom stereocenters. The van der Waals surface area contributed by atoms with Crippen LogP contribution in [0.5, 0.6) is 0 Å². The number of amides is 2. The van der Waals surface area contributed by atoms with Gasteiger partial charge >= 0.3 is 0 Å². The first-order valence-electron chi connectivity index (χ1n) is 10.2. The average Bonchev–Trinajstić information content (AvgIpc) is 3.02. The van der Waals surface area contributed by atoms with Gasteiger partial charge in [-0.05, 0) is 54.3 Å². The molecule has 0 bridgehead atoms. The third-order valence-corrected chi connectivity index (χ3v) is 7.11. The number of aryl methyl sites for hydroxylation is 1. The Morgan fingerprint density at radius 2 is 1.55 bits per heavy atom. The van der Waals surface area contributed by atoms with Gasteiger partial charge in [0.2, 0.25) is 0 Å². The summed E-state index contributed by atoms with van der Waals surface area (Å²) in [6.07, 6.45) is 1.41. The Balaban J connectivity index is 1.73. The van der Waals surface area contributed by atoms with Crippen LogP contribution in [-0.4, -0.2) is 25.2 Å². The molecule has 9 heteroatoms. The Hall–Kier alpha value is -3.23. The first kappa shape index (κ1) is 22.9. The van der Waals surface area contributed by atoms with Crippen LogP contribution in [0.3, 0.4) is 0 Å². The van der Waals surface area contributed by atoms with E-state index in [1.165, 1.54) is 30.5 Å². The summed E-state index contributed by atoms with van der Waals surface area (Å²) in [5.41, 5.74) is 1.68. The predicted molar refractivity (Wildman–Crippen MR) is 128 cm³/mol. The van der Waals surface area contributed by atoms with Crippen LogP contribution in [0.15, 0.2) is 59.6 Å². The highest BCUT2D eigenvalue weighted by molar-refractivity contribution is 7.92. The van der Waals surface area contributed by atoms with Crippen LogP contribution in [0.4, 0.5) is 11.4 Å². The molecule has 33 heavy (non-hydrogen) atoms. The number of hydrogen-bond acceptors (Lipinski definition) is 5. The van der Waals surface area contributed by atoms with Gasteiger partial charge in [0.25, 0.3) is 21.8 Å². The largest absolute Gasteiger partial charge is 0.279 e. The van der Waals surface area contributed by atoms with Crippen molar-refractivity contribution in [2.75, 3.05) is 9.62 Å². The number of nitrogens with one attached hydrogen (secondary N) is 1. The fourth-order valence-corrected chi connectivity index (χ4v) is 4.88. The van der Waals surface area contributed by atoms with Gasteiger partial charge in [0, 0.05) is 5.69 Å². The van der Waals surface area contributed by atoms with Gasteiger partial charge in [-0.1, -0.05) is 44.5 Å². The molecule has 2 heterocycles. The van der Waals surface area contributed by atoms with Crippen molar-refractivity contribution in [1.82, 2.24) is 4.98 Å². The van der Waals surface area contributed by atoms with E-state index >= 15 is 0 Å². The van der Waals surface area contributed by atoms with Crippen molar-refractivity contribution in [1.29, 1.82) is 0 Å². The lowest BCUT2D eigenvalue weighted by molar-refractivity contribution is 0.0926. The van der Waals surface area contributed by atoms with Crippen LogP contribution in [-0.2, 0) is 15.4 Å². The highest BCUT2D eigenvalue weighted by Gasteiger charge is 2.41. The molecule has 0 spiro atoms. The third kappa shape index (κ3) is 4.12. The lowest BCUT2D eigenvalue weighted by atomic mass is 9.87. The van der Waals surface area contributed by atoms with Crippen molar-refractivity contribution in [2.24, 2.45) is 0 Å². The average molecular weight is 484 g/mol. The van der Waals surface area contributed by atoms with Gasteiger partial charge in [-0.2, -0.15) is 0 Å². The van der Waals surface area contributed by atoms with E-state index in [9.17, 15) is 18.0 Å². The normalized spacial score (nSPS) is 13.9. The summed E-state index contributed by atoms with van der Waals surface area (Å²) in [4.78, 5) is 31.4. The third-order valence-electron chi connectivity index (χ3n) is 5.42.